The van der Waals surface area contributed by atoms with Gasteiger partial charge in [0.1, 0.15) is 5.82 Å². The van der Waals surface area contributed by atoms with Gasteiger partial charge in [-0.2, -0.15) is 0 Å². The molecule has 1 unspecified atom stereocenters. The molecule has 2 aliphatic heterocycles. The summed E-state index contributed by atoms with van der Waals surface area (Å²) in [4.78, 5) is 19.5. The lowest BCUT2D eigenvalue weighted by molar-refractivity contribution is -0.384. The molecule has 108 valence electrons. The average molecular weight is 278 g/mol. The van der Waals surface area contributed by atoms with Gasteiger partial charge in [0.25, 0.3) is 0 Å². The van der Waals surface area contributed by atoms with Crippen molar-refractivity contribution in [2.24, 2.45) is 5.84 Å². The summed E-state index contributed by atoms with van der Waals surface area (Å²) in [5, 5.41) is 11.2. The van der Waals surface area contributed by atoms with Crippen molar-refractivity contribution in [2.75, 3.05) is 36.5 Å². The molecule has 3 rings (SSSR count). The number of nitrogens with two attached hydrogens (primary N) is 1. The third-order valence-corrected chi connectivity index (χ3v) is 4.09. The van der Waals surface area contributed by atoms with Gasteiger partial charge < -0.3 is 10.3 Å². The molecule has 0 bridgehead atoms. The lowest BCUT2D eigenvalue weighted by atomic mass is 10.1. The lowest BCUT2D eigenvalue weighted by Crippen LogP contribution is -2.50. The number of rotatable bonds is 3. The maximum atomic E-state index is 11.2. The molecule has 0 aromatic carbocycles. The van der Waals surface area contributed by atoms with Crippen LogP contribution in [0.3, 0.4) is 0 Å². The summed E-state index contributed by atoms with van der Waals surface area (Å²) in [5.74, 6) is 6.21. The summed E-state index contributed by atoms with van der Waals surface area (Å²) in [6.45, 7) is 3.63. The molecule has 2 saturated heterocycles. The number of nitrogens with one attached hydrogen (secondary N) is 1. The maximum Gasteiger partial charge on any atom is 0.311 e. The number of aromatic nitrogens is 1. The van der Waals surface area contributed by atoms with Crippen molar-refractivity contribution < 1.29 is 4.92 Å². The number of anilines is 2. The van der Waals surface area contributed by atoms with Crippen LogP contribution in [-0.2, 0) is 0 Å². The Bertz CT molecular complexity index is 523. The maximum absolute atomic E-state index is 11.2. The predicted molar refractivity (Wildman–Crippen MR) is 75.5 cm³/mol. The zero-order valence-corrected chi connectivity index (χ0v) is 11.2. The second-order valence-corrected chi connectivity index (χ2v) is 5.22. The zero-order valence-electron chi connectivity index (χ0n) is 11.2. The van der Waals surface area contributed by atoms with Crippen LogP contribution in [0.2, 0.25) is 0 Å². The highest BCUT2D eigenvalue weighted by Gasteiger charge is 2.33. The molecule has 0 spiro atoms. The Balaban J connectivity index is 1.89. The molecular formula is C12H18N6O2. The van der Waals surface area contributed by atoms with E-state index in [-0.39, 0.29) is 10.6 Å². The monoisotopic (exact) mass is 278 g/mol. The number of fused-ring (bicyclic) bond motifs is 1. The van der Waals surface area contributed by atoms with E-state index in [1.807, 2.05) is 4.90 Å². The highest BCUT2D eigenvalue weighted by Crippen LogP contribution is 2.31. The molecule has 3 heterocycles. The molecule has 8 heteroatoms. The van der Waals surface area contributed by atoms with Crippen LogP contribution in [0, 0.1) is 10.1 Å². The first-order valence-electron chi connectivity index (χ1n) is 6.80. The Morgan fingerprint density at radius 3 is 3.00 bits per heavy atom. The van der Waals surface area contributed by atoms with E-state index in [0.29, 0.717) is 17.7 Å². The van der Waals surface area contributed by atoms with Gasteiger partial charge in [-0.25, -0.2) is 10.8 Å². The first-order chi connectivity index (χ1) is 9.69. The standard InChI is InChI=1S/C12H18N6O2/c13-15-11-4-3-10(18(19)20)12(14-11)17-7-6-16-5-1-2-9(16)8-17/h3-4,9H,1-2,5-8,13H2,(H,14,15). The fraction of sp³-hybridized carbons (Fsp3) is 0.583. The smallest absolute Gasteiger partial charge is 0.311 e. The molecule has 2 aliphatic rings. The normalized spacial score (nSPS) is 22.6. The van der Waals surface area contributed by atoms with Crippen LogP contribution in [0.15, 0.2) is 12.1 Å². The van der Waals surface area contributed by atoms with Crippen molar-refractivity contribution in [3.63, 3.8) is 0 Å². The van der Waals surface area contributed by atoms with E-state index in [1.54, 1.807) is 0 Å². The number of piperazine rings is 1. The molecule has 20 heavy (non-hydrogen) atoms. The van der Waals surface area contributed by atoms with E-state index in [2.05, 4.69) is 15.3 Å². The third-order valence-electron chi connectivity index (χ3n) is 4.09. The number of pyridine rings is 1. The number of nitrogen functional groups attached to an aromatic ring is 1. The molecule has 0 amide bonds. The highest BCUT2D eigenvalue weighted by molar-refractivity contribution is 5.62. The van der Waals surface area contributed by atoms with E-state index in [0.717, 1.165) is 32.6 Å². The van der Waals surface area contributed by atoms with Crippen LogP contribution in [0.25, 0.3) is 0 Å². The molecule has 0 saturated carbocycles. The van der Waals surface area contributed by atoms with Gasteiger partial charge >= 0.3 is 5.69 Å². The predicted octanol–water partition coefficient (Wildman–Crippen LogP) is 0.560. The molecule has 1 aromatic heterocycles. The zero-order chi connectivity index (χ0) is 14.1. The fourth-order valence-corrected chi connectivity index (χ4v) is 3.08. The third kappa shape index (κ3) is 2.27. The van der Waals surface area contributed by atoms with E-state index in [9.17, 15) is 10.1 Å². The summed E-state index contributed by atoms with van der Waals surface area (Å²) >= 11 is 0. The van der Waals surface area contributed by atoms with Crippen LogP contribution >= 0.6 is 0 Å². The summed E-state index contributed by atoms with van der Waals surface area (Å²) in [7, 11) is 0. The van der Waals surface area contributed by atoms with E-state index in [1.165, 1.54) is 18.6 Å². The summed E-state index contributed by atoms with van der Waals surface area (Å²) in [6, 6.07) is 3.46. The van der Waals surface area contributed by atoms with Crippen molar-refractivity contribution in [1.29, 1.82) is 0 Å². The van der Waals surface area contributed by atoms with Gasteiger partial charge in [-0.15, -0.1) is 0 Å². The summed E-state index contributed by atoms with van der Waals surface area (Å²) < 4.78 is 0. The van der Waals surface area contributed by atoms with E-state index in [4.69, 9.17) is 5.84 Å². The Morgan fingerprint density at radius 2 is 2.25 bits per heavy atom. The Labute approximate surface area is 116 Å². The van der Waals surface area contributed by atoms with Gasteiger partial charge in [-0.3, -0.25) is 15.0 Å². The second kappa shape index (κ2) is 5.22. The fourth-order valence-electron chi connectivity index (χ4n) is 3.08. The molecule has 2 fully saturated rings. The number of hydrogen-bond acceptors (Lipinski definition) is 7. The summed E-state index contributed by atoms with van der Waals surface area (Å²) in [5.41, 5.74) is 2.49. The molecule has 0 aliphatic carbocycles. The lowest BCUT2D eigenvalue weighted by Gasteiger charge is -2.37. The van der Waals surface area contributed by atoms with Crippen LogP contribution in [-0.4, -0.2) is 47.0 Å². The van der Waals surface area contributed by atoms with Crippen molar-refractivity contribution in [1.82, 2.24) is 9.88 Å². The Morgan fingerprint density at radius 1 is 1.40 bits per heavy atom. The van der Waals surface area contributed by atoms with Crippen molar-refractivity contribution in [3.05, 3.63) is 22.2 Å². The molecule has 3 N–H and O–H groups in total. The van der Waals surface area contributed by atoms with Crippen LogP contribution < -0.4 is 16.2 Å². The van der Waals surface area contributed by atoms with Gasteiger partial charge in [-0.05, 0) is 25.5 Å². The number of hydrogen-bond donors (Lipinski definition) is 2. The minimum atomic E-state index is -0.385. The van der Waals surface area contributed by atoms with Crippen molar-refractivity contribution in [2.45, 2.75) is 18.9 Å². The minimum absolute atomic E-state index is 0.0375. The van der Waals surface area contributed by atoms with Gasteiger partial charge in [0.05, 0.1) is 4.92 Å². The average Bonchev–Trinajstić information content (AvgIpc) is 2.93. The molecule has 1 atom stereocenters. The topological polar surface area (TPSA) is 101 Å². The van der Waals surface area contributed by atoms with Gasteiger partial charge in [0, 0.05) is 31.7 Å². The van der Waals surface area contributed by atoms with Gasteiger partial charge in [0.2, 0.25) is 5.82 Å². The first-order valence-corrected chi connectivity index (χ1v) is 6.80. The number of hydrazine groups is 1. The first kappa shape index (κ1) is 13.1. The SMILES string of the molecule is NNc1ccc([N+](=O)[O-])c(N2CCN3CCCC3C2)n1. The van der Waals surface area contributed by atoms with Gasteiger partial charge in [0.15, 0.2) is 0 Å². The van der Waals surface area contributed by atoms with Gasteiger partial charge in [-0.1, -0.05) is 0 Å². The quantitative estimate of drug-likeness (QED) is 0.473. The minimum Gasteiger partial charge on any atom is -0.348 e. The van der Waals surface area contributed by atoms with E-state index < -0.39 is 0 Å². The molecule has 1 aromatic rings. The number of nitrogens with zero attached hydrogens (tertiary/aromatic N) is 4. The van der Waals surface area contributed by atoms with Crippen molar-refractivity contribution in [3.8, 4) is 0 Å². The van der Waals surface area contributed by atoms with Crippen LogP contribution in [0.5, 0.6) is 0 Å². The molecular weight excluding hydrogens is 260 g/mol. The van der Waals surface area contributed by atoms with Crippen LogP contribution in [0.1, 0.15) is 12.8 Å². The number of nitro groups is 1. The van der Waals surface area contributed by atoms with Crippen molar-refractivity contribution >= 4 is 17.3 Å². The Hall–Kier alpha value is -1.93. The summed E-state index contributed by atoms with van der Waals surface area (Å²) in [6.07, 6.45) is 2.36. The second-order valence-electron chi connectivity index (χ2n) is 5.22. The van der Waals surface area contributed by atoms with Crippen LogP contribution in [0.4, 0.5) is 17.3 Å². The largest absolute Gasteiger partial charge is 0.348 e. The Kier molecular flexibility index (Phi) is 3.41. The molecule has 8 nitrogen and oxygen atoms in total. The molecule has 0 radical (unpaired) electrons. The van der Waals surface area contributed by atoms with E-state index >= 15 is 0 Å². The highest BCUT2D eigenvalue weighted by atomic mass is 16.6.